The molecule has 82 valence electrons. The number of hydrogen-bond donors (Lipinski definition) is 1. The molecule has 0 aromatic carbocycles. The maximum absolute atomic E-state index is 11.0. The molecule has 7 heteroatoms. The van der Waals surface area contributed by atoms with Crippen LogP contribution >= 0.6 is 31.4 Å². The van der Waals surface area contributed by atoms with Gasteiger partial charge < -0.3 is 0 Å². The van der Waals surface area contributed by atoms with Gasteiger partial charge in [-0.15, -0.1) is 0 Å². The summed E-state index contributed by atoms with van der Waals surface area (Å²) in [5, 5.41) is 1.31. The van der Waals surface area contributed by atoms with Crippen molar-refractivity contribution in [1.29, 1.82) is 0 Å². The van der Waals surface area contributed by atoms with Gasteiger partial charge in [-0.1, -0.05) is 24.1 Å². The van der Waals surface area contributed by atoms with Gasteiger partial charge in [0.25, 0.3) is 10.1 Å². The molecule has 0 fully saturated rings. The maximum Gasteiger partial charge on any atom is 0.268 e. The van der Waals surface area contributed by atoms with Crippen molar-refractivity contribution in [2.75, 3.05) is 0 Å². The maximum atomic E-state index is 11.0. The van der Waals surface area contributed by atoms with E-state index < -0.39 is 15.4 Å². The van der Waals surface area contributed by atoms with Gasteiger partial charge in [0.05, 0.1) is 5.25 Å². The van der Waals surface area contributed by atoms with Crippen LogP contribution in [0.5, 0.6) is 0 Å². The van der Waals surface area contributed by atoms with E-state index in [1.807, 2.05) is 12.3 Å². The molecule has 1 atom stereocenters. The predicted molar refractivity (Wildman–Crippen MR) is 65.7 cm³/mol. The molecule has 3 nitrogen and oxygen atoms in total. The molecule has 0 saturated carbocycles. The first kappa shape index (κ1) is 12.8. The number of allylic oxidation sites excluding steroid dienone is 1. The van der Waals surface area contributed by atoms with Crippen molar-refractivity contribution in [3.63, 3.8) is 0 Å². The van der Waals surface area contributed by atoms with Crippen molar-refractivity contribution in [1.82, 2.24) is 0 Å². The van der Waals surface area contributed by atoms with Crippen LogP contribution in [0.1, 0.15) is 26.2 Å². The van der Waals surface area contributed by atoms with Gasteiger partial charge in [0.2, 0.25) is 0 Å². The van der Waals surface area contributed by atoms with Gasteiger partial charge in [-0.2, -0.15) is 8.42 Å². The zero-order valence-corrected chi connectivity index (χ0v) is 10.9. The molecule has 0 saturated heterocycles. The lowest BCUT2D eigenvalue weighted by Gasteiger charge is -2.12. The topological polar surface area (TPSA) is 54.4 Å². The van der Waals surface area contributed by atoms with E-state index >= 15 is 0 Å². The van der Waals surface area contributed by atoms with E-state index in [0.717, 1.165) is 11.3 Å². The largest absolute Gasteiger partial charge is 0.285 e. The minimum atomic E-state index is -3.89. The highest BCUT2D eigenvalue weighted by molar-refractivity contribution is 9.11. The Hall–Kier alpha value is 0.700. The molecular weight excluding hydrogens is 260 g/mol. The summed E-state index contributed by atoms with van der Waals surface area (Å²) < 4.78 is 31.0. The molecule has 1 aliphatic heterocycles. The summed E-state index contributed by atoms with van der Waals surface area (Å²) in [5.74, 6) is 0. The Morgan fingerprint density at radius 2 is 2.29 bits per heavy atom. The monoisotopic (exact) mass is 272 g/mol. The average molecular weight is 272 g/mol. The molecule has 0 aliphatic carbocycles. The lowest BCUT2D eigenvalue weighted by Crippen LogP contribution is -2.20. The Bertz CT molecular complexity index is 309. The van der Waals surface area contributed by atoms with Crippen LogP contribution in [0.3, 0.4) is 0 Å². The Morgan fingerprint density at radius 1 is 1.57 bits per heavy atom. The summed E-state index contributed by atoms with van der Waals surface area (Å²) in [6.07, 6.45) is 1.73. The highest BCUT2D eigenvalue weighted by Crippen LogP contribution is 2.50. The van der Waals surface area contributed by atoms with Crippen molar-refractivity contribution < 1.29 is 13.0 Å². The zero-order chi connectivity index (χ0) is 10.6. The van der Waals surface area contributed by atoms with Crippen LogP contribution in [0.25, 0.3) is 0 Å². The van der Waals surface area contributed by atoms with Crippen LogP contribution in [0, 0.1) is 0 Å². The quantitative estimate of drug-likeness (QED) is 0.612. The minimum absolute atomic E-state index is 0.442. The molecule has 0 aromatic rings. The highest BCUT2D eigenvalue weighted by Gasteiger charge is 2.24. The standard InChI is InChI=1S/C7H12O3S4/c1-2-3-7(14(8,9)10)4-6-5-11-13-12-6/h5,7H,2-4H2,1H3,(H,8,9,10). The molecule has 0 bridgehead atoms. The van der Waals surface area contributed by atoms with Crippen molar-refractivity contribution in [3.05, 3.63) is 10.3 Å². The molecule has 1 heterocycles. The number of hydrogen-bond acceptors (Lipinski definition) is 5. The molecular formula is C7H12O3S4. The third kappa shape index (κ3) is 4.06. The van der Waals surface area contributed by atoms with Gasteiger partial charge in [-0.3, -0.25) is 4.55 Å². The SMILES string of the molecule is CCCC(CC1=CSSS1)S(=O)(=O)O. The van der Waals surface area contributed by atoms with Crippen LogP contribution in [-0.2, 0) is 10.1 Å². The van der Waals surface area contributed by atoms with Crippen LogP contribution in [0.15, 0.2) is 10.3 Å². The summed E-state index contributed by atoms with van der Waals surface area (Å²) in [6.45, 7) is 1.91. The van der Waals surface area contributed by atoms with Gasteiger partial charge in [0.15, 0.2) is 0 Å². The fourth-order valence-electron chi connectivity index (χ4n) is 1.14. The van der Waals surface area contributed by atoms with Gasteiger partial charge in [0.1, 0.15) is 0 Å². The zero-order valence-electron chi connectivity index (χ0n) is 7.67. The third-order valence-electron chi connectivity index (χ3n) is 1.82. The molecule has 1 rings (SSSR count). The first-order valence-electron chi connectivity index (χ1n) is 4.19. The van der Waals surface area contributed by atoms with Crippen LogP contribution in [0.2, 0.25) is 0 Å². The smallest absolute Gasteiger partial charge is 0.268 e. The lowest BCUT2D eigenvalue weighted by molar-refractivity contribution is 0.460. The van der Waals surface area contributed by atoms with Crippen molar-refractivity contribution in [2.24, 2.45) is 0 Å². The molecule has 0 spiro atoms. The fourth-order valence-corrected chi connectivity index (χ4v) is 6.19. The third-order valence-corrected chi connectivity index (χ3v) is 6.93. The van der Waals surface area contributed by atoms with E-state index in [1.165, 1.54) is 0 Å². The van der Waals surface area contributed by atoms with Gasteiger partial charge in [-0.25, -0.2) is 0 Å². The molecule has 1 N–H and O–H groups in total. The van der Waals surface area contributed by atoms with E-state index in [0.29, 0.717) is 12.8 Å². The lowest BCUT2D eigenvalue weighted by atomic mass is 10.2. The minimum Gasteiger partial charge on any atom is -0.285 e. The molecule has 1 unspecified atom stereocenters. The van der Waals surface area contributed by atoms with E-state index in [1.54, 1.807) is 31.4 Å². The normalized spacial score (nSPS) is 19.4. The van der Waals surface area contributed by atoms with Crippen LogP contribution in [0.4, 0.5) is 0 Å². The Labute approximate surface area is 96.0 Å². The Morgan fingerprint density at radius 3 is 2.71 bits per heavy atom. The second kappa shape index (κ2) is 5.69. The van der Waals surface area contributed by atoms with Crippen molar-refractivity contribution in [3.8, 4) is 0 Å². The molecule has 0 aromatic heterocycles. The van der Waals surface area contributed by atoms with Gasteiger partial charge in [-0.05, 0) is 38.9 Å². The van der Waals surface area contributed by atoms with Crippen molar-refractivity contribution >= 4 is 41.5 Å². The summed E-state index contributed by atoms with van der Waals surface area (Å²) in [4.78, 5) is 1.04. The van der Waals surface area contributed by atoms with E-state index in [4.69, 9.17) is 4.55 Å². The van der Waals surface area contributed by atoms with Crippen molar-refractivity contribution in [2.45, 2.75) is 31.4 Å². The molecule has 1 aliphatic rings. The van der Waals surface area contributed by atoms with Gasteiger partial charge >= 0.3 is 0 Å². The first-order valence-corrected chi connectivity index (χ1v) is 9.24. The predicted octanol–water partition coefficient (Wildman–Crippen LogP) is 3.32. The van der Waals surface area contributed by atoms with E-state index in [-0.39, 0.29) is 0 Å². The summed E-state index contributed by atoms with van der Waals surface area (Å²) in [7, 11) is 0.902. The molecule has 14 heavy (non-hydrogen) atoms. The van der Waals surface area contributed by atoms with E-state index in [9.17, 15) is 8.42 Å². The fraction of sp³-hybridized carbons (Fsp3) is 0.714. The highest BCUT2D eigenvalue weighted by atomic mass is 33.5. The first-order chi connectivity index (χ1) is 6.54. The summed E-state index contributed by atoms with van der Waals surface area (Å²) in [6, 6.07) is 0. The summed E-state index contributed by atoms with van der Waals surface area (Å²) >= 11 is 0. The van der Waals surface area contributed by atoms with Crippen LogP contribution < -0.4 is 0 Å². The summed E-state index contributed by atoms with van der Waals surface area (Å²) in [5.41, 5.74) is 0. The average Bonchev–Trinajstić information content (AvgIpc) is 2.54. The van der Waals surface area contributed by atoms with Crippen LogP contribution in [-0.4, -0.2) is 18.2 Å². The van der Waals surface area contributed by atoms with E-state index in [2.05, 4.69) is 0 Å². The number of rotatable bonds is 5. The second-order valence-corrected chi connectivity index (χ2v) is 8.62. The second-order valence-electron chi connectivity index (χ2n) is 2.96. The van der Waals surface area contributed by atoms with Gasteiger partial charge in [0, 0.05) is 4.91 Å². The Balaban J connectivity index is 2.60. The Kier molecular flexibility index (Phi) is 5.19. The molecule has 0 radical (unpaired) electrons. The molecule has 0 amide bonds.